The number of fused-ring (bicyclic) bond motifs is 1. The van der Waals surface area contributed by atoms with Crippen LogP contribution in [0.15, 0.2) is 30.5 Å². The zero-order valence-electron chi connectivity index (χ0n) is 20.7. The molecule has 200 valence electrons. The Bertz CT molecular complexity index is 1260. The predicted octanol–water partition coefficient (Wildman–Crippen LogP) is 5.14. The third-order valence-corrected chi connectivity index (χ3v) is 6.72. The number of hydrogen-bond acceptors (Lipinski definition) is 6. The van der Waals surface area contributed by atoms with E-state index in [9.17, 15) is 28.2 Å². The van der Waals surface area contributed by atoms with Gasteiger partial charge < -0.3 is 24.4 Å². The van der Waals surface area contributed by atoms with Crippen LogP contribution in [0.2, 0.25) is 0 Å². The Hall–Kier alpha value is -3.31. The number of hydrogen-bond donors (Lipinski definition) is 2. The molecule has 2 N–H and O–H groups in total. The highest BCUT2D eigenvalue weighted by molar-refractivity contribution is 6.02. The van der Waals surface area contributed by atoms with Gasteiger partial charge in [0.25, 0.3) is 0 Å². The second kappa shape index (κ2) is 10.6. The first-order valence-corrected chi connectivity index (χ1v) is 11.9. The van der Waals surface area contributed by atoms with Gasteiger partial charge in [0.15, 0.2) is 0 Å². The van der Waals surface area contributed by atoms with Crippen LogP contribution in [0.25, 0.3) is 10.9 Å². The Balaban J connectivity index is 1.72. The van der Waals surface area contributed by atoms with E-state index in [4.69, 9.17) is 14.2 Å². The van der Waals surface area contributed by atoms with Crippen LogP contribution in [-0.2, 0) is 17.5 Å². The molecule has 0 radical (unpaired) electrons. The first-order chi connectivity index (χ1) is 17.5. The van der Waals surface area contributed by atoms with E-state index in [-0.39, 0.29) is 23.6 Å². The van der Waals surface area contributed by atoms with Gasteiger partial charge >= 0.3 is 12.1 Å². The van der Waals surface area contributed by atoms with Crippen LogP contribution in [0.1, 0.15) is 58.8 Å². The second-order valence-corrected chi connectivity index (χ2v) is 9.19. The number of aromatic nitrogens is 2. The summed E-state index contributed by atoms with van der Waals surface area (Å²) in [5, 5.41) is 25.2. The molecule has 8 nitrogen and oxygen atoms in total. The molecule has 1 fully saturated rings. The number of halogens is 3. The van der Waals surface area contributed by atoms with Crippen molar-refractivity contribution in [1.29, 1.82) is 0 Å². The number of ether oxygens (including phenoxy) is 3. The third kappa shape index (κ3) is 5.67. The summed E-state index contributed by atoms with van der Waals surface area (Å²) in [7, 11) is 3.02. The Kier molecular flexibility index (Phi) is 7.65. The molecule has 1 aliphatic carbocycles. The van der Waals surface area contributed by atoms with Gasteiger partial charge in [-0.2, -0.15) is 18.3 Å². The minimum absolute atomic E-state index is 0.0226. The van der Waals surface area contributed by atoms with Crippen LogP contribution in [0, 0.1) is 6.92 Å². The molecule has 0 aliphatic heterocycles. The lowest BCUT2D eigenvalue weighted by atomic mass is 10.0. The summed E-state index contributed by atoms with van der Waals surface area (Å²) in [5.41, 5.74) is -0.466. The smallest absolute Gasteiger partial charge is 0.416 e. The fraction of sp³-hybridized carbons (Fsp3) is 0.462. The van der Waals surface area contributed by atoms with Crippen molar-refractivity contribution in [2.75, 3.05) is 14.2 Å². The Morgan fingerprint density at radius 3 is 2.30 bits per heavy atom. The van der Waals surface area contributed by atoms with Crippen molar-refractivity contribution in [2.24, 2.45) is 0 Å². The average molecular weight is 523 g/mol. The molecule has 0 bridgehead atoms. The Morgan fingerprint density at radius 2 is 1.76 bits per heavy atom. The SMILES string of the molecule is COc1cc([C@@H](O)[C@H](Cn2cc3cc(C(F)(F)F)cc(C(=O)O)c3n2)OC2CCCC2)cc(OC)c1C. The normalized spacial score (nSPS) is 16.2. The molecule has 4 rings (SSSR count). The zero-order valence-corrected chi connectivity index (χ0v) is 20.7. The minimum Gasteiger partial charge on any atom is -0.496 e. The molecule has 37 heavy (non-hydrogen) atoms. The zero-order chi connectivity index (χ0) is 26.9. The second-order valence-electron chi connectivity index (χ2n) is 9.19. The fourth-order valence-corrected chi connectivity index (χ4v) is 4.77. The van der Waals surface area contributed by atoms with E-state index in [0.717, 1.165) is 37.3 Å². The van der Waals surface area contributed by atoms with Crippen LogP contribution in [-0.4, -0.2) is 52.4 Å². The van der Waals surface area contributed by atoms with Crippen molar-refractivity contribution in [1.82, 2.24) is 9.78 Å². The summed E-state index contributed by atoms with van der Waals surface area (Å²) < 4.78 is 58.5. The molecule has 0 saturated heterocycles. The molecule has 11 heteroatoms. The van der Waals surface area contributed by atoms with Crippen molar-refractivity contribution in [3.63, 3.8) is 0 Å². The number of aromatic carboxylic acids is 1. The molecule has 1 heterocycles. The number of aliphatic hydroxyl groups excluding tert-OH is 1. The Morgan fingerprint density at radius 1 is 1.14 bits per heavy atom. The summed E-state index contributed by atoms with van der Waals surface area (Å²) in [6, 6.07) is 4.81. The maximum Gasteiger partial charge on any atom is 0.416 e. The van der Waals surface area contributed by atoms with Gasteiger partial charge in [-0.1, -0.05) is 12.8 Å². The van der Waals surface area contributed by atoms with E-state index in [2.05, 4.69) is 5.10 Å². The number of benzene rings is 2. The lowest BCUT2D eigenvalue weighted by molar-refractivity contribution is -0.137. The number of rotatable bonds is 9. The molecule has 3 aromatic rings. The topological polar surface area (TPSA) is 103 Å². The van der Waals surface area contributed by atoms with Crippen LogP contribution in [0.4, 0.5) is 13.2 Å². The molecular weight excluding hydrogens is 493 g/mol. The lowest BCUT2D eigenvalue weighted by Gasteiger charge is -2.27. The number of nitrogens with zero attached hydrogens (tertiary/aromatic N) is 2. The molecular formula is C26H29F3N2O6. The van der Waals surface area contributed by atoms with Crippen molar-refractivity contribution < 1.29 is 42.4 Å². The van der Waals surface area contributed by atoms with Gasteiger partial charge in [0.1, 0.15) is 29.2 Å². The number of carboxylic acids is 1. The minimum atomic E-state index is -4.71. The quantitative estimate of drug-likeness (QED) is 0.401. The largest absolute Gasteiger partial charge is 0.496 e. The molecule has 0 unspecified atom stereocenters. The monoisotopic (exact) mass is 522 g/mol. The number of carbonyl (C=O) groups is 1. The van der Waals surface area contributed by atoms with E-state index in [1.807, 2.05) is 6.92 Å². The van der Waals surface area contributed by atoms with Crippen LogP contribution in [0.5, 0.6) is 11.5 Å². The highest BCUT2D eigenvalue weighted by Crippen LogP contribution is 2.36. The van der Waals surface area contributed by atoms with Crippen molar-refractivity contribution in [3.8, 4) is 11.5 Å². The van der Waals surface area contributed by atoms with Gasteiger partial charge in [0, 0.05) is 17.1 Å². The van der Waals surface area contributed by atoms with Gasteiger partial charge in [-0.25, -0.2) is 4.79 Å². The Labute approximate surface area is 211 Å². The van der Waals surface area contributed by atoms with E-state index < -0.39 is 35.5 Å². The molecule has 1 aromatic heterocycles. The summed E-state index contributed by atoms with van der Waals surface area (Å²) in [6.45, 7) is 1.80. The van der Waals surface area contributed by atoms with Crippen molar-refractivity contribution in [2.45, 2.75) is 63.6 Å². The van der Waals surface area contributed by atoms with Gasteiger partial charge in [0.05, 0.1) is 38.0 Å². The molecule has 1 aliphatic rings. The molecule has 1 saturated carbocycles. The lowest BCUT2D eigenvalue weighted by Crippen LogP contribution is -2.31. The standard InChI is InChI=1S/C26H29F3N2O6/c1-14-20(35-2)9-15(10-21(14)36-3)24(32)22(37-18-6-4-5-7-18)13-31-12-16-8-17(26(27,28)29)11-19(25(33)34)23(16)30-31/h8-12,18,22,24,32H,4-7,13H2,1-3H3,(H,33,34)/t22-,24+/m0/s1. The van der Waals surface area contributed by atoms with Crippen molar-refractivity contribution in [3.05, 3.63) is 52.7 Å². The van der Waals surface area contributed by atoms with Crippen LogP contribution in [0.3, 0.4) is 0 Å². The van der Waals surface area contributed by atoms with Gasteiger partial charge in [-0.3, -0.25) is 4.68 Å². The highest BCUT2D eigenvalue weighted by atomic mass is 19.4. The first kappa shape index (κ1) is 26.7. The first-order valence-electron chi connectivity index (χ1n) is 11.9. The van der Waals surface area contributed by atoms with E-state index in [1.54, 1.807) is 12.1 Å². The van der Waals surface area contributed by atoms with E-state index in [0.29, 0.717) is 23.1 Å². The van der Waals surface area contributed by atoms with E-state index >= 15 is 0 Å². The molecule has 2 aromatic carbocycles. The van der Waals surface area contributed by atoms with E-state index in [1.165, 1.54) is 25.1 Å². The van der Waals surface area contributed by atoms with Crippen LogP contribution >= 0.6 is 0 Å². The van der Waals surface area contributed by atoms with Gasteiger partial charge in [0.2, 0.25) is 0 Å². The van der Waals surface area contributed by atoms with Crippen molar-refractivity contribution >= 4 is 16.9 Å². The number of carboxylic acid groups (broad SMARTS) is 1. The third-order valence-electron chi connectivity index (χ3n) is 6.72. The summed E-state index contributed by atoms with van der Waals surface area (Å²) in [4.78, 5) is 11.7. The number of alkyl halides is 3. The predicted molar refractivity (Wildman–Crippen MR) is 128 cm³/mol. The average Bonchev–Trinajstić information content (AvgIpc) is 3.51. The fourth-order valence-electron chi connectivity index (χ4n) is 4.77. The van der Waals surface area contributed by atoms with Gasteiger partial charge in [-0.15, -0.1) is 0 Å². The number of aliphatic hydroxyl groups is 1. The van der Waals surface area contributed by atoms with Gasteiger partial charge in [-0.05, 0) is 49.6 Å². The summed E-state index contributed by atoms with van der Waals surface area (Å²) in [5.74, 6) is -0.480. The maximum atomic E-state index is 13.4. The summed E-state index contributed by atoms with van der Waals surface area (Å²) in [6.07, 6.45) is -1.82. The van der Waals surface area contributed by atoms with Crippen LogP contribution < -0.4 is 9.47 Å². The number of methoxy groups -OCH3 is 2. The molecule has 0 spiro atoms. The molecule has 0 amide bonds. The highest BCUT2D eigenvalue weighted by Gasteiger charge is 2.33. The maximum absolute atomic E-state index is 13.4. The molecule has 2 atom stereocenters. The summed E-state index contributed by atoms with van der Waals surface area (Å²) >= 11 is 0.